The number of nitrogens with zero attached hydrogens (tertiary/aromatic N) is 1. The third-order valence-corrected chi connectivity index (χ3v) is 4.92. The van der Waals surface area contributed by atoms with Gasteiger partial charge in [0.2, 0.25) is 15.9 Å². The molecule has 116 valence electrons. The Labute approximate surface area is 123 Å². The standard InChI is InChI=1S/C13H18N2O5S/c1-9(18)15-5-4-10-6-12(2-3-13(10)15)21(19,20)14-11(7-16)8-17/h2-3,6,11,14,16-17H,4-5,7-8H2,1H3. The molecule has 21 heavy (non-hydrogen) atoms. The van der Waals surface area contributed by atoms with E-state index in [1.54, 1.807) is 11.0 Å². The van der Waals surface area contributed by atoms with E-state index in [9.17, 15) is 13.2 Å². The summed E-state index contributed by atoms with van der Waals surface area (Å²) in [6.07, 6.45) is 0.599. The summed E-state index contributed by atoms with van der Waals surface area (Å²) in [6.45, 7) is 1.03. The summed E-state index contributed by atoms with van der Waals surface area (Å²) in [5.41, 5.74) is 1.51. The number of aliphatic hydroxyl groups excluding tert-OH is 2. The number of nitrogens with one attached hydrogen (secondary N) is 1. The second-order valence-electron chi connectivity index (χ2n) is 4.89. The Kier molecular flexibility index (Phi) is 4.62. The van der Waals surface area contributed by atoms with Crippen LogP contribution in [-0.2, 0) is 21.2 Å². The number of rotatable bonds is 5. The lowest BCUT2D eigenvalue weighted by Gasteiger charge is -2.16. The fourth-order valence-electron chi connectivity index (χ4n) is 2.29. The Balaban J connectivity index is 2.29. The minimum atomic E-state index is -3.82. The molecule has 0 saturated carbocycles. The highest BCUT2D eigenvalue weighted by atomic mass is 32.2. The van der Waals surface area contributed by atoms with Crippen molar-refractivity contribution in [2.24, 2.45) is 0 Å². The van der Waals surface area contributed by atoms with Gasteiger partial charge in [-0.1, -0.05) is 0 Å². The first-order valence-corrected chi connectivity index (χ1v) is 8.02. The van der Waals surface area contributed by atoms with Gasteiger partial charge in [-0.05, 0) is 30.2 Å². The number of hydrogen-bond donors (Lipinski definition) is 3. The lowest BCUT2D eigenvalue weighted by molar-refractivity contribution is -0.116. The van der Waals surface area contributed by atoms with Gasteiger partial charge >= 0.3 is 0 Å². The van der Waals surface area contributed by atoms with Gasteiger partial charge in [-0.15, -0.1) is 0 Å². The topological polar surface area (TPSA) is 107 Å². The molecule has 0 aromatic heterocycles. The number of sulfonamides is 1. The number of amides is 1. The predicted octanol–water partition coefficient (Wildman–Crippen LogP) is -0.773. The van der Waals surface area contributed by atoms with Gasteiger partial charge in [-0.25, -0.2) is 13.1 Å². The monoisotopic (exact) mass is 314 g/mol. The fraction of sp³-hybridized carbons (Fsp3) is 0.462. The van der Waals surface area contributed by atoms with Crippen molar-refractivity contribution in [1.29, 1.82) is 0 Å². The molecule has 2 rings (SSSR count). The van der Waals surface area contributed by atoms with Gasteiger partial charge in [0.05, 0.1) is 24.2 Å². The lowest BCUT2D eigenvalue weighted by atomic mass is 10.2. The van der Waals surface area contributed by atoms with Crippen molar-refractivity contribution in [2.75, 3.05) is 24.7 Å². The molecule has 0 radical (unpaired) electrons. The fourth-order valence-corrected chi connectivity index (χ4v) is 3.56. The zero-order valence-corrected chi connectivity index (χ0v) is 12.4. The Hall–Kier alpha value is -1.48. The predicted molar refractivity (Wildman–Crippen MR) is 76.5 cm³/mol. The summed E-state index contributed by atoms with van der Waals surface area (Å²) >= 11 is 0. The van der Waals surface area contributed by atoms with Crippen molar-refractivity contribution in [3.8, 4) is 0 Å². The third kappa shape index (κ3) is 3.24. The zero-order chi connectivity index (χ0) is 15.6. The first-order valence-electron chi connectivity index (χ1n) is 6.54. The molecule has 1 aromatic rings. The van der Waals surface area contributed by atoms with Gasteiger partial charge in [-0.3, -0.25) is 4.79 Å². The Bertz CT molecular complexity index is 640. The molecule has 8 heteroatoms. The Morgan fingerprint density at radius 2 is 2.05 bits per heavy atom. The molecule has 0 atom stereocenters. The van der Waals surface area contributed by atoms with Crippen LogP contribution in [0.15, 0.2) is 23.1 Å². The molecule has 0 fully saturated rings. The molecule has 1 aliphatic heterocycles. The molecule has 0 spiro atoms. The lowest BCUT2D eigenvalue weighted by Crippen LogP contribution is -2.40. The molecule has 0 bridgehead atoms. The molecule has 0 unspecified atom stereocenters. The number of anilines is 1. The number of carbonyl (C=O) groups excluding carboxylic acids is 1. The minimum absolute atomic E-state index is 0.0542. The van der Waals surface area contributed by atoms with Gasteiger partial charge in [0.1, 0.15) is 0 Å². The van der Waals surface area contributed by atoms with Crippen LogP contribution in [0.25, 0.3) is 0 Å². The van der Waals surface area contributed by atoms with E-state index in [-0.39, 0.29) is 10.8 Å². The maximum Gasteiger partial charge on any atom is 0.240 e. The number of fused-ring (bicyclic) bond motifs is 1. The molecule has 1 aromatic carbocycles. The maximum atomic E-state index is 12.2. The van der Waals surface area contributed by atoms with Gasteiger partial charge in [0, 0.05) is 19.2 Å². The highest BCUT2D eigenvalue weighted by Gasteiger charge is 2.25. The van der Waals surface area contributed by atoms with E-state index >= 15 is 0 Å². The van der Waals surface area contributed by atoms with Crippen molar-refractivity contribution in [3.05, 3.63) is 23.8 Å². The van der Waals surface area contributed by atoms with Gasteiger partial charge in [0.25, 0.3) is 0 Å². The van der Waals surface area contributed by atoms with Crippen molar-refractivity contribution in [2.45, 2.75) is 24.3 Å². The van der Waals surface area contributed by atoms with E-state index in [4.69, 9.17) is 10.2 Å². The van der Waals surface area contributed by atoms with Crippen molar-refractivity contribution >= 4 is 21.6 Å². The van der Waals surface area contributed by atoms with Crippen molar-refractivity contribution in [1.82, 2.24) is 4.72 Å². The maximum absolute atomic E-state index is 12.2. The second kappa shape index (κ2) is 6.10. The average molecular weight is 314 g/mol. The van der Waals surface area contributed by atoms with Crippen molar-refractivity contribution < 1.29 is 23.4 Å². The smallest absolute Gasteiger partial charge is 0.240 e. The zero-order valence-electron chi connectivity index (χ0n) is 11.6. The van der Waals surface area contributed by atoms with Crippen LogP contribution in [0.1, 0.15) is 12.5 Å². The van der Waals surface area contributed by atoms with Crippen LogP contribution >= 0.6 is 0 Å². The highest BCUT2D eigenvalue weighted by Crippen LogP contribution is 2.30. The first-order chi connectivity index (χ1) is 9.89. The highest BCUT2D eigenvalue weighted by molar-refractivity contribution is 7.89. The van der Waals surface area contributed by atoms with Crippen LogP contribution in [0.3, 0.4) is 0 Å². The Morgan fingerprint density at radius 1 is 1.38 bits per heavy atom. The molecule has 0 aliphatic carbocycles. The van der Waals surface area contributed by atoms with E-state index < -0.39 is 29.3 Å². The van der Waals surface area contributed by atoms with Gasteiger partial charge in [0.15, 0.2) is 0 Å². The quantitative estimate of drug-likeness (QED) is 0.661. The molecule has 1 heterocycles. The number of aliphatic hydroxyl groups is 2. The third-order valence-electron chi connectivity index (χ3n) is 3.40. The Morgan fingerprint density at radius 3 is 2.62 bits per heavy atom. The molecule has 0 saturated heterocycles. The molecular weight excluding hydrogens is 296 g/mol. The largest absolute Gasteiger partial charge is 0.395 e. The van der Waals surface area contributed by atoms with E-state index in [0.717, 1.165) is 11.3 Å². The molecule has 3 N–H and O–H groups in total. The summed E-state index contributed by atoms with van der Waals surface area (Å²) in [5.74, 6) is -0.0805. The molecule has 1 aliphatic rings. The van der Waals surface area contributed by atoms with Crippen molar-refractivity contribution in [3.63, 3.8) is 0 Å². The van der Waals surface area contributed by atoms with Crippen LogP contribution in [0, 0.1) is 0 Å². The molecule has 7 nitrogen and oxygen atoms in total. The van der Waals surface area contributed by atoms with Crippen LogP contribution in [-0.4, -0.2) is 50.3 Å². The van der Waals surface area contributed by atoms with Crippen LogP contribution in [0.2, 0.25) is 0 Å². The van der Waals surface area contributed by atoms with Gasteiger partial charge < -0.3 is 15.1 Å². The molecular formula is C13H18N2O5S. The van der Waals surface area contributed by atoms with Crippen LogP contribution in [0.4, 0.5) is 5.69 Å². The first kappa shape index (κ1) is 15.9. The number of benzene rings is 1. The van der Waals surface area contributed by atoms with E-state index in [2.05, 4.69) is 4.72 Å². The average Bonchev–Trinajstić information content (AvgIpc) is 2.87. The molecule has 1 amide bonds. The van der Waals surface area contributed by atoms with E-state index in [1.165, 1.54) is 19.1 Å². The summed E-state index contributed by atoms with van der Waals surface area (Å²) in [6, 6.07) is 3.60. The summed E-state index contributed by atoms with van der Waals surface area (Å²) < 4.78 is 26.5. The van der Waals surface area contributed by atoms with Crippen LogP contribution < -0.4 is 9.62 Å². The van der Waals surface area contributed by atoms with Crippen LogP contribution in [0.5, 0.6) is 0 Å². The SMILES string of the molecule is CC(=O)N1CCc2cc(S(=O)(=O)NC(CO)CO)ccc21. The summed E-state index contributed by atoms with van der Waals surface area (Å²) in [5, 5.41) is 17.9. The minimum Gasteiger partial charge on any atom is -0.395 e. The summed E-state index contributed by atoms with van der Waals surface area (Å²) in [4.78, 5) is 13.1. The second-order valence-corrected chi connectivity index (χ2v) is 6.61. The van der Waals surface area contributed by atoms with E-state index in [1.807, 2.05) is 0 Å². The normalized spacial score (nSPS) is 14.6. The van der Waals surface area contributed by atoms with E-state index in [0.29, 0.717) is 13.0 Å². The number of carbonyl (C=O) groups is 1. The summed E-state index contributed by atoms with van der Waals surface area (Å²) in [7, 11) is -3.82. The number of hydrogen-bond acceptors (Lipinski definition) is 5. The van der Waals surface area contributed by atoms with Gasteiger partial charge in [-0.2, -0.15) is 0 Å².